The Morgan fingerprint density at radius 1 is 0.951 bits per heavy atom. The molecule has 2 N–H and O–H groups in total. The minimum absolute atomic E-state index is 0.179. The molecule has 1 atom stereocenters. The summed E-state index contributed by atoms with van der Waals surface area (Å²) in [5, 5.41) is 5.69. The first-order chi connectivity index (χ1) is 19.4. The number of halogens is 3. The molecule has 0 radical (unpaired) electrons. The average molecular weight is 587 g/mol. The van der Waals surface area contributed by atoms with Crippen LogP contribution >= 0.6 is 0 Å². The first-order valence-electron chi connectivity index (χ1n) is 13.1. The van der Waals surface area contributed by atoms with E-state index in [0.29, 0.717) is 54.4 Å². The van der Waals surface area contributed by atoms with Crippen molar-refractivity contribution < 1.29 is 31.2 Å². The molecule has 3 aromatic rings. The van der Waals surface area contributed by atoms with Gasteiger partial charge in [0.05, 0.1) is 28.4 Å². The lowest BCUT2D eigenvalue weighted by atomic mass is 10.1. The number of hydrogen-bond donors (Lipinski definition) is 2. The summed E-state index contributed by atoms with van der Waals surface area (Å²) < 4.78 is 64.9. The number of nitrogens with one attached hydrogen (secondary N) is 2. The lowest BCUT2D eigenvalue weighted by molar-refractivity contribution is -0.137. The van der Waals surface area contributed by atoms with Crippen molar-refractivity contribution in [2.24, 2.45) is 0 Å². The Bertz CT molecular complexity index is 1580. The third-order valence-electron chi connectivity index (χ3n) is 7.17. The molecule has 1 saturated heterocycles. The quantitative estimate of drug-likeness (QED) is 0.447. The Labute approximate surface area is 236 Å². The molecular weight excluding hydrogens is 557 g/mol. The molecule has 2 amide bonds. The molecule has 1 unspecified atom stereocenters. The highest BCUT2D eigenvalue weighted by atomic mass is 32.2. The SMILES string of the molecule is Cc1cccc(CS(=O)(=O)CC2Nc3ccc(C(=O)N4CCN(c5cccc(C(F)(F)F)c5)CC4)cc3NC2=O)c1. The molecule has 216 valence electrons. The van der Waals surface area contributed by atoms with E-state index in [0.717, 1.165) is 17.7 Å². The Balaban J connectivity index is 1.21. The highest BCUT2D eigenvalue weighted by molar-refractivity contribution is 7.90. The van der Waals surface area contributed by atoms with E-state index in [1.807, 2.05) is 17.9 Å². The van der Waals surface area contributed by atoms with Gasteiger partial charge in [0.2, 0.25) is 5.91 Å². The zero-order valence-corrected chi connectivity index (χ0v) is 23.1. The molecule has 0 spiro atoms. The van der Waals surface area contributed by atoms with Crippen LogP contribution in [0.3, 0.4) is 0 Å². The van der Waals surface area contributed by atoms with Crippen LogP contribution in [0.5, 0.6) is 0 Å². The van der Waals surface area contributed by atoms with E-state index in [4.69, 9.17) is 0 Å². The van der Waals surface area contributed by atoms with Gasteiger partial charge in [-0.05, 0) is 48.9 Å². The molecule has 2 aliphatic rings. The van der Waals surface area contributed by atoms with E-state index in [-0.39, 0.29) is 17.4 Å². The lowest BCUT2D eigenvalue weighted by Crippen LogP contribution is -2.49. The smallest absolute Gasteiger partial charge is 0.371 e. The highest BCUT2D eigenvalue weighted by Gasteiger charge is 2.33. The summed E-state index contributed by atoms with van der Waals surface area (Å²) in [5.41, 5.74) is 2.55. The van der Waals surface area contributed by atoms with Gasteiger partial charge in [-0.3, -0.25) is 9.59 Å². The van der Waals surface area contributed by atoms with Crippen molar-refractivity contribution >= 4 is 38.7 Å². The summed E-state index contributed by atoms with van der Waals surface area (Å²) >= 11 is 0. The number of anilines is 3. The first-order valence-corrected chi connectivity index (χ1v) is 14.9. The monoisotopic (exact) mass is 586 g/mol. The van der Waals surface area contributed by atoms with Gasteiger partial charge in [-0.25, -0.2) is 8.42 Å². The summed E-state index contributed by atoms with van der Waals surface area (Å²) in [5.74, 6) is -1.34. The number of aryl methyl sites for hydroxylation is 1. The molecule has 1 fully saturated rings. The van der Waals surface area contributed by atoms with Gasteiger partial charge in [0.25, 0.3) is 5.91 Å². The molecule has 8 nitrogen and oxygen atoms in total. The number of amides is 2. The third-order valence-corrected chi connectivity index (χ3v) is 8.78. The predicted octanol–water partition coefficient (Wildman–Crippen LogP) is 4.32. The van der Waals surface area contributed by atoms with Crippen LogP contribution in [0.2, 0.25) is 0 Å². The maximum Gasteiger partial charge on any atom is 0.416 e. The van der Waals surface area contributed by atoms with E-state index < -0.39 is 33.5 Å². The number of fused-ring (bicyclic) bond motifs is 1. The van der Waals surface area contributed by atoms with E-state index in [9.17, 15) is 31.2 Å². The topological polar surface area (TPSA) is 98.8 Å². The number of carbonyl (C=O) groups is 2. The van der Waals surface area contributed by atoms with Gasteiger partial charge in [-0.15, -0.1) is 0 Å². The fourth-order valence-electron chi connectivity index (χ4n) is 5.09. The number of alkyl halides is 3. The molecule has 0 saturated carbocycles. The zero-order chi connectivity index (χ0) is 29.4. The van der Waals surface area contributed by atoms with Crippen molar-refractivity contribution in [3.05, 3.63) is 89.0 Å². The molecule has 0 aliphatic carbocycles. The second-order valence-electron chi connectivity index (χ2n) is 10.3. The van der Waals surface area contributed by atoms with Crippen molar-refractivity contribution in [2.45, 2.75) is 24.9 Å². The largest absolute Gasteiger partial charge is 0.416 e. The summed E-state index contributed by atoms with van der Waals surface area (Å²) in [6, 6.07) is 16.1. The van der Waals surface area contributed by atoms with Gasteiger partial charge in [-0.2, -0.15) is 13.2 Å². The maximum absolute atomic E-state index is 13.2. The molecule has 0 aromatic heterocycles. The van der Waals surface area contributed by atoms with Crippen LogP contribution in [0, 0.1) is 6.92 Å². The number of carbonyl (C=O) groups excluding carboxylic acids is 2. The lowest BCUT2D eigenvalue weighted by Gasteiger charge is -2.36. The Morgan fingerprint density at radius 2 is 1.68 bits per heavy atom. The van der Waals surface area contributed by atoms with Crippen molar-refractivity contribution in [1.29, 1.82) is 0 Å². The molecule has 2 aliphatic heterocycles. The third kappa shape index (κ3) is 6.64. The number of rotatable bonds is 6. The van der Waals surface area contributed by atoms with Crippen LogP contribution in [-0.4, -0.2) is 63.1 Å². The van der Waals surface area contributed by atoms with Gasteiger partial charge >= 0.3 is 6.18 Å². The van der Waals surface area contributed by atoms with E-state index >= 15 is 0 Å². The normalized spacial score (nSPS) is 17.5. The predicted molar refractivity (Wildman–Crippen MR) is 151 cm³/mol. The first kappa shape index (κ1) is 28.5. The van der Waals surface area contributed by atoms with Crippen molar-refractivity contribution in [1.82, 2.24) is 4.90 Å². The fraction of sp³-hybridized carbons (Fsp3) is 0.310. The summed E-state index contributed by atoms with van der Waals surface area (Å²) in [7, 11) is -3.60. The van der Waals surface area contributed by atoms with Gasteiger partial charge < -0.3 is 20.4 Å². The van der Waals surface area contributed by atoms with E-state index in [1.54, 1.807) is 47.4 Å². The summed E-state index contributed by atoms with van der Waals surface area (Å²) in [6.07, 6.45) is -4.43. The Kier molecular flexibility index (Phi) is 7.69. The van der Waals surface area contributed by atoms with Crippen LogP contribution in [0.1, 0.15) is 27.0 Å². The molecule has 2 heterocycles. The van der Waals surface area contributed by atoms with Crippen LogP contribution in [0.15, 0.2) is 66.7 Å². The Morgan fingerprint density at radius 3 is 2.39 bits per heavy atom. The number of nitrogens with zero attached hydrogens (tertiary/aromatic N) is 2. The summed E-state index contributed by atoms with van der Waals surface area (Å²) in [6.45, 7) is 3.25. The summed E-state index contributed by atoms with van der Waals surface area (Å²) in [4.78, 5) is 29.4. The number of benzene rings is 3. The molecule has 41 heavy (non-hydrogen) atoms. The van der Waals surface area contributed by atoms with Gasteiger partial charge in [0.1, 0.15) is 6.04 Å². The second kappa shape index (κ2) is 11.1. The standard InChI is InChI=1S/C29H29F3N4O4S/c1-19-4-2-5-20(14-19)17-41(39,40)18-26-27(37)34-25-15-21(8-9-24(25)33-26)28(38)36-12-10-35(11-13-36)23-7-3-6-22(16-23)29(30,31)32/h2-9,14-16,26,33H,10-13,17-18H2,1H3,(H,34,37). The van der Waals surface area contributed by atoms with Crippen LogP contribution in [0.4, 0.5) is 30.2 Å². The van der Waals surface area contributed by atoms with Crippen LogP contribution in [-0.2, 0) is 26.6 Å². The second-order valence-corrected chi connectivity index (χ2v) is 12.4. The van der Waals surface area contributed by atoms with E-state index in [2.05, 4.69) is 10.6 Å². The molecular formula is C29H29F3N4O4S. The Hall–Kier alpha value is -4.06. The average Bonchev–Trinajstić information content (AvgIpc) is 2.92. The van der Waals surface area contributed by atoms with Gasteiger partial charge in [-0.1, -0.05) is 35.9 Å². The van der Waals surface area contributed by atoms with Crippen molar-refractivity contribution in [2.75, 3.05) is 47.5 Å². The van der Waals surface area contributed by atoms with Crippen molar-refractivity contribution in [3.63, 3.8) is 0 Å². The fourth-order valence-corrected chi connectivity index (χ4v) is 6.64. The highest BCUT2D eigenvalue weighted by Crippen LogP contribution is 2.32. The molecule has 0 bridgehead atoms. The van der Waals surface area contributed by atoms with Crippen LogP contribution < -0.4 is 15.5 Å². The van der Waals surface area contributed by atoms with Gasteiger partial charge in [0, 0.05) is 37.4 Å². The minimum Gasteiger partial charge on any atom is -0.371 e. The molecule has 5 rings (SSSR count). The van der Waals surface area contributed by atoms with Crippen LogP contribution in [0.25, 0.3) is 0 Å². The number of hydrogen-bond acceptors (Lipinski definition) is 6. The number of sulfone groups is 1. The zero-order valence-electron chi connectivity index (χ0n) is 22.2. The van der Waals surface area contributed by atoms with Gasteiger partial charge in [0.15, 0.2) is 9.84 Å². The molecule has 12 heteroatoms. The number of piperazine rings is 1. The molecule has 3 aromatic carbocycles. The minimum atomic E-state index is -4.43. The maximum atomic E-state index is 13.2. The van der Waals surface area contributed by atoms with E-state index in [1.165, 1.54) is 6.07 Å². The van der Waals surface area contributed by atoms with Crippen molar-refractivity contribution in [3.8, 4) is 0 Å².